The van der Waals surface area contributed by atoms with Gasteiger partial charge in [-0.05, 0) is 91.2 Å². The number of carboxylic acid groups (broad SMARTS) is 1. The fourth-order valence-electron chi connectivity index (χ4n) is 4.20. The molecule has 1 aromatic heterocycles. The van der Waals surface area contributed by atoms with Crippen molar-refractivity contribution in [2.75, 3.05) is 10.6 Å². The molecule has 8 nitrogen and oxygen atoms in total. The fraction of sp³-hybridized carbons (Fsp3) is 0.333. The van der Waals surface area contributed by atoms with E-state index in [4.69, 9.17) is 9.52 Å². The zero-order valence-electron chi connectivity index (χ0n) is 18.9. The quantitative estimate of drug-likeness (QED) is 0.291. The van der Waals surface area contributed by atoms with Gasteiger partial charge in [-0.1, -0.05) is 17.2 Å². The van der Waals surface area contributed by atoms with Gasteiger partial charge in [0.25, 0.3) is 0 Å². The Balaban J connectivity index is 1.29. The van der Waals surface area contributed by atoms with Crippen molar-refractivity contribution in [2.24, 2.45) is 5.92 Å². The van der Waals surface area contributed by atoms with Gasteiger partial charge >= 0.3 is 29.3 Å². The van der Waals surface area contributed by atoms with Gasteiger partial charge in [0.2, 0.25) is 0 Å². The smallest absolute Gasteiger partial charge is 0.446 e. The molecule has 190 valence electrons. The van der Waals surface area contributed by atoms with Crippen LogP contribution in [0.3, 0.4) is 0 Å². The van der Waals surface area contributed by atoms with E-state index >= 15 is 0 Å². The summed E-state index contributed by atoms with van der Waals surface area (Å²) in [5, 5.41) is 21.8. The van der Waals surface area contributed by atoms with Gasteiger partial charge in [0.15, 0.2) is 0 Å². The number of nitrogens with one attached hydrogen (secondary N) is 2. The Morgan fingerprint density at radius 3 is 2.22 bits per heavy atom. The number of nitrogens with zero attached hydrogens (tertiary/aromatic N) is 2. The average Bonchev–Trinajstić information content (AvgIpc) is 3.29. The molecule has 1 saturated carbocycles. The Labute approximate surface area is 208 Å². The Morgan fingerprint density at radius 2 is 1.61 bits per heavy atom. The van der Waals surface area contributed by atoms with Gasteiger partial charge in [-0.3, -0.25) is 9.59 Å². The van der Waals surface area contributed by atoms with E-state index in [2.05, 4.69) is 20.8 Å². The number of thioether (sulfide) groups is 1. The van der Waals surface area contributed by atoms with Crippen molar-refractivity contribution in [1.82, 2.24) is 10.2 Å². The minimum atomic E-state index is -4.37. The first-order chi connectivity index (χ1) is 17.1. The Bertz CT molecular complexity index is 1190. The maximum absolute atomic E-state index is 12.5. The Hall–Kier alpha value is -3.54. The molecule has 3 N–H and O–H groups in total. The van der Waals surface area contributed by atoms with Crippen LogP contribution < -0.4 is 10.6 Å². The summed E-state index contributed by atoms with van der Waals surface area (Å²) in [6, 6.07) is 12.8. The number of alkyl halides is 3. The van der Waals surface area contributed by atoms with Gasteiger partial charge in [-0.15, -0.1) is 5.10 Å². The summed E-state index contributed by atoms with van der Waals surface area (Å²) in [5.41, 5.74) is -2.25. The predicted molar refractivity (Wildman–Crippen MR) is 127 cm³/mol. The summed E-state index contributed by atoms with van der Waals surface area (Å²) in [4.78, 5) is 23.4. The van der Waals surface area contributed by atoms with Crippen LogP contribution in [0.25, 0.3) is 0 Å². The van der Waals surface area contributed by atoms with Crippen LogP contribution in [0.5, 0.6) is 0 Å². The van der Waals surface area contributed by atoms with Gasteiger partial charge in [-0.25, -0.2) is 0 Å². The van der Waals surface area contributed by atoms with E-state index in [0.29, 0.717) is 17.3 Å². The van der Waals surface area contributed by atoms with Crippen LogP contribution >= 0.6 is 11.8 Å². The minimum absolute atomic E-state index is 0.0375. The summed E-state index contributed by atoms with van der Waals surface area (Å²) in [6.45, 7) is 0. The maximum Gasteiger partial charge on any atom is 0.446 e. The third kappa shape index (κ3) is 7.23. The number of carboxylic acids is 1. The first-order valence-corrected chi connectivity index (χ1v) is 12.1. The molecule has 12 heteroatoms. The second-order valence-electron chi connectivity index (χ2n) is 8.50. The van der Waals surface area contributed by atoms with Crippen LogP contribution in [0.2, 0.25) is 0 Å². The number of hydrogen-bond donors (Lipinski definition) is 3. The molecule has 3 aromatic rings. The van der Waals surface area contributed by atoms with Gasteiger partial charge in [-0.2, -0.15) is 13.2 Å². The number of carbonyl (C=O) groups is 2. The number of benzene rings is 2. The number of anilines is 3. The van der Waals surface area contributed by atoms with Crippen molar-refractivity contribution in [3.05, 3.63) is 60.0 Å². The predicted octanol–water partition coefficient (Wildman–Crippen LogP) is 6.43. The molecule has 0 unspecified atom stereocenters. The van der Waals surface area contributed by atoms with E-state index in [9.17, 15) is 22.8 Å². The molecule has 1 amide bonds. The third-order valence-corrected chi connectivity index (χ3v) is 6.65. The van der Waals surface area contributed by atoms with Crippen LogP contribution in [-0.4, -0.2) is 32.7 Å². The largest absolute Gasteiger partial charge is 0.481 e. The SMILES string of the molecule is O=C(O)CC1CCC(c2ccc(NC(=O)c3nnc(Nc4ccc(SC(F)(F)F)cc4)o3)cc2)CC1. The van der Waals surface area contributed by atoms with Gasteiger partial charge in [0.1, 0.15) is 0 Å². The number of aliphatic carboxylic acids is 1. The maximum atomic E-state index is 12.5. The monoisotopic (exact) mass is 520 g/mol. The molecular formula is C24H23F3N4O4S. The third-order valence-electron chi connectivity index (χ3n) is 5.91. The number of hydrogen-bond acceptors (Lipinski definition) is 7. The first-order valence-electron chi connectivity index (χ1n) is 11.2. The Kier molecular flexibility index (Phi) is 7.82. The molecule has 2 aromatic carbocycles. The van der Waals surface area contributed by atoms with E-state index < -0.39 is 17.4 Å². The summed E-state index contributed by atoms with van der Waals surface area (Å²) in [6.07, 6.45) is 3.87. The summed E-state index contributed by atoms with van der Waals surface area (Å²) >= 11 is -0.216. The van der Waals surface area contributed by atoms with Gasteiger partial charge in [0, 0.05) is 22.7 Å². The molecule has 0 spiro atoms. The zero-order valence-corrected chi connectivity index (χ0v) is 19.7. The zero-order chi connectivity index (χ0) is 25.7. The molecule has 0 bridgehead atoms. The lowest BCUT2D eigenvalue weighted by Crippen LogP contribution is -2.16. The Morgan fingerprint density at radius 1 is 0.972 bits per heavy atom. The van der Waals surface area contributed by atoms with Crippen molar-refractivity contribution < 1.29 is 32.3 Å². The van der Waals surface area contributed by atoms with Crippen LogP contribution in [-0.2, 0) is 4.79 Å². The molecular weight excluding hydrogens is 497 g/mol. The lowest BCUT2D eigenvalue weighted by Gasteiger charge is -2.28. The lowest BCUT2D eigenvalue weighted by molar-refractivity contribution is -0.138. The van der Waals surface area contributed by atoms with Crippen LogP contribution in [0.1, 0.15) is 54.3 Å². The number of rotatable bonds is 8. The number of amides is 1. The normalized spacial score (nSPS) is 18.0. The van der Waals surface area contributed by atoms with Crippen molar-refractivity contribution in [3.63, 3.8) is 0 Å². The molecule has 0 atom stereocenters. The molecule has 1 fully saturated rings. The molecule has 1 aliphatic rings. The second kappa shape index (κ2) is 11.0. The standard InChI is InChI=1S/C24H23F3N4O4S/c25-24(26,27)36-19-11-9-18(10-12-19)29-23-31-30-22(35-23)21(34)28-17-7-5-16(6-8-17)15-3-1-14(2-4-15)13-20(32)33/h5-12,14-15H,1-4,13H2,(H,28,34)(H,29,31)(H,32,33). The number of aromatic nitrogens is 2. The van der Waals surface area contributed by atoms with Crippen molar-refractivity contribution in [3.8, 4) is 0 Å². The van der Waals surface area contributed by atoms with E-state index in [0.717, 1.165) is 31.2 Å². The lowest BCUT2D eigenvalue weighted by atomic mass is 9.77. The molecule has 4 rings (SSSR count). The van der Waals surface area contributed by atoms with Crippen molar-refractivity contribution in [2.45, 2.75) is 48.4 Å². The van der Waals surface area contributed by atoms with E-state index in [1.165, 1.54) is 24.3 Å². The molecule has 0 saturated heterocycles. The topological polar surface area (TPSA) is 117 Å². The number of halogens is 3. The first kappa shape index (κ1) is 25.5. The van der Waals surface area contributed by atoms with Crippen LogP contribution in [0.15, 0.2) is 57.8 Å². The molecule has 0 radical (unpaired) electrons. The summed E-state index contributed by atoms with van der Waals surface area (Å²) in [7, 11) is 0. The highest BCUT2D eigenvalue weighted by atomic mass is 32.2. The van der Waals surface area contributed by atoms with Crippen molar-refractivity contribution >= 4 is 41.0 Å². The highest BCUT2D eigenvalue weighted by Crippen LogP contribution is 2.38. The van der Waals surface area contributed by atoms with E-state index in [1.54, 1.807) is 12.1 Å². The highest BCUT2D eigenvalue weighted by Gasteiger charge is 2.29. The second-order valence-corrected chi connectivity index (χ2v) is 9.64. The van der Waals surface area contributed by atoms with Crippen LogP contribution in [0, 0.1) is 5.92 Å². The minimum Gasteiger partial charge on any atom is -0.481 e. The fourth-order valence-corrected chi connectivity index (χ4v) is 4.74. The summed E-state index contributed by atoms with van der Waals surface area (Å²) < 4.78 is 42.6. The van der Waals surface area contributed by atoms with Gasteiger partial charge in [0.05, 0.1) is 0 Å². The average molecular weight is 521 g/mol. The molecule has 0 aliphatic heterocycles. The summed E-state index contributed by atoms with van der Waals surface area (Å²) in [5.74, 6) is -1.03. The van der Waals surface area contributed by atoms with E-state index in [-0.39, 0.29) is 40.9 Å². The van der Waals surface area contributed by atoms with Crippen LogP contribution in [0.4, 0.5) is 30.6 Å². The number of carbonyl (C=O) groups excluding carboxylic acids is 1. The van der Waals surface area contributed by atoms with E-state index in [1.807, 2.05) is 12.1 Å². The van der Waals surface area contributed by atoms with Crippen molar-refractivity contribution in [1.29, 1.82) is 0 Å². The molecule has 1 aliphatic carbocycles. The molecule has 1 heterocycles. The highest BCUT2D eigenvalue weighted by molar-refractivity contribution is 8.00. The van der Waals surface area contributed by atoms with Gasteiger partial charge < -0.3 is 20.2 Å². The molecule has 36 heavy (non-hydrogen) atoms.